The third-order valence-corrected chi connectivity index (χ3v) is 3.89. The largest absolute Gasteiger partial charge is 0.352 e. The summed E-state index contributed by atoms with van der Waals surface area (Å²) in [4.78, 5) is 22.3. The Morgan fingerprint density at radius 3 is 2.67 bits per heavy atom. The number of hydrazine groups is 1. The fourth-order valence-corrected chi connectivity index (χ4v) is 2.68. The highest BCUT2D eigenvalue weighted by atomic mass is 16.6. The maximum atomic E-state index is 12.1. The molecule has 0 unspecified atom stereocenters. The minimum Gasteiger partial charge on any atom is -0.352 e. The number of nitrogens with zero attached hydrogens (tertiary/aromatic N) is 1. The van der Waals surface area contributed by atoms with Gasteiger partial charge in [-0.25, -0.2) is 0 Å². The van der Waals surface area contributed by atoms with Crippen LogP contribution in [0.2, 0.25) is 0 Å². The molecule has 0 spiro atoms. The van der Waals surface area contributed by atoms with Crippen LogP contribution in [0.25, 0.3) is 0 Å². The molecule has 2 rings (SSSR count). The maximum absolute atomic E-state index is 12.1. The molecule has 1 amide bonds. The molecule has 1 aliphatic rings. The number of hydrogen-bond acceptors (Lipinski definition) is 5. The van der Waals surface area contributed by atoms with Gasteiger partial charge in [0.2, 0.25) is 0 Å². The van der Waals surface area contributed by atoms with Crippen LogP contribution in [0.3, 0.4) is 0 Å². The predicted molar refractivity (Wildman–Crippen MR) is 79.8 cm³/mol. The van der Waals surface area contributed by atoms with E-state index >= 15 is 0 Å². The molecule has 0 radical (unpaired) electrons. The van der Waals surface area contributed by atoms with Crippen molar-refractivity contribution in [3.8, 4) is 0 Å². The summed E-state index contributed by atoms with van der Waals surface area (Å²) >= 11 is 0. The molecule has 7 heteroatoms. The first-order valence-corrected chi connectivity index (χ1v) is 7.15. The maximum Gasteiger partial charge on any atom is 0.293 e. The Kier molecular flexibility index (Phi) is 5.10. The fourth-order valence-electron chi connectivity index (χ4n) is 2.68. The van der Waals surface area contributed by atoms with E-state index in [0.717, 1.165) is 12.8 Å². The molecule has 1 aromatic carbocycles. The first-order chi connectivity index (χ1) is 10.1. The molecule has 0 heterocycles. The van der Waals surface area contributed by atoms with E-state index < -0.39 is 4.92 Å². The minimum atomic E-state index is -0.543. The van der Waals surface area contributed by atoms with Crippen molar-refractivity contribution in [3.63, 3.8) is 0 Å². The van der Waals surface area contributed by atoms with Gasteiger partial charge in [0.1, 0.15) is 5.69 Å². The molecular weight excluding hydrogens is 272 g/mol. The van der Waals surface area contributed by atoms with E-state index in [1.807, 2.05) is 0 Å². The summed E-state index contributed by atoms with van der Waals surface area (Å²) in [7, 11) is 0. The summed E-state index contributed by atoms with van der Waals surface area (Å²) in [6, 6.07) is 4.12. The highest BCUT2D eigenvalue weighted by Crippen LogP contribution is 2.25. The number of nitrogens with one attached hydrogen (secondary N) is 2. The standard InChI is InChI=1S/C14H20N4O3/c15-17-12-8-11(6-7-13(12)18(20)21)14(19)16-9-10-4-2-1-3-5-10/h6-8,10,17H,1-5,9,15H2,(H,16,19). The number of nitro benzene ring substituents is 1. The number of nitro groups is 1. The van der Waals surface area contributed by atoms with Crippen LogP contribution in [0.15, 0.2) is 18.2 Å². The summed E-state index contributed by atoms with van der Waals surface area (Å²) in [5.41, 5.74) is 2.60. The average molecular weight is 292 g/mol. The Labute approximate surface area is 123 Å². The number of anilines is 1. The molecule has 0 atom stereocenters. The lowest BCUT2D eigenvalue weighted by Gasteiger charge is -2.21. The van der Waals surface area contributed by atoms with Crippen molar-refractivity contribution >= 4 is 17.3 Å². The van der Waals surface area contributed by atoms with E-state index in [1.54, 1.807) is 0 Å². The quantitative estimate of drug-likeness (QED) is 0.437. The summed E-state index contributed by atoms with van der Waals surface area (Å²) in [6.07, 6.45) is 6.02. The Morgan fingerprint density at radius 2 is 2.05 bits per heavy atom. The predicted octanol–water partition coefficient (Wildman–Crippen LogP) is 2.19. The molecule has 7 nitrogen and oxygen atoms in total. The third-order valence-electron chi connectivity index (χ3n) is 3.89. The zero-order valence-corrected chi connectivity index (χ0v) is 11.8. The number of amides is 1. The van der Waals surface area contributed by atoms with E-state index in [1.165, 1.54) is 37.5 Å². The van der Waals surface area contributed by atoms with Crippen LogP contribution in [0, 0.1) is 16.0 Å². The molecule has 4 N–H and O–H groups in total. The first-order valence-electron chi connectivity index (χ1n) is 7.15. The monoisotopic (exact) mass is 292 g/mol. The SMILES string of the molecule is NNc1cc(C(=O)NCC2CCCCC2)ccc1[N+](=O)[O-]. The van der Waals surface area contributed by atoms with E-state index in [0.29, 0.717) is 18.0 Å². The number of carbonyl (C=O) groups excluding carboxylic acids is 1. The van der Waals surface area contributed by atoms with Gasteiger partial charge in [0.25, 0.3) is 11.6 Å². The van der Waals surface area contributed by atoms with Crippen molar-refractivity contribution < 1.29 is 9.72 Å². The molecule has 21 heavy (non-hydrogen) atoms. The molecule has 1 saturated carbocycles. The van der Waals surface area contributed by atoms with Gasteiger partial charge in [-0.15, -0.1) is 0 Å². The molecule has 1 aliphatic carbocycles. The second kappa shape index (κ2) is 7.03. The Balaban J connectivity index is 2.00. The molecule has 1 aromatic rings. The minimum absolute atomic E-state index is 0.130. The smallest absolute Gasteiger partial charge is 0.293 e. The van der Waals surface area contributed by atoms with Gasteiger partial charge >= 0.3 is 0 Å². The molecule has 0 bridgehead atoms. The van der Waals surface area contributed by atoms with Gasteiger partial charge < -0.3 is 10.7 Å². The summed E-state index contributed by atoms with van der Waals surface area (Å²) in [5, 5.41) is 13.7. The van der Waals surface area contributed by atoms with Crippen LogP contribution in [-0.2, 0) is 0 Å². The second-order valence-electron chi connectivity index (χ2n) is 5.35. The second-order valence-corrected chi connectivity index (χ2v) is 5.35. The van der Waals surface area contributed by atoms with E-state index in [9.17, 15) is 14.9 Å². The van der Waals surface area contributed by atoms with Crippen LogP contribution in [0.5, 0.6) is 0 Å². The first kappa shape index (κ1) is 15.2. The molecule has 0 aliphatic heterocycles. The number of rotatable bonds is 5. The Hall–Kier alpha value is -2.15. The van der Waals surface area contributed by atoms with Crippen LogP contribution in [0.4, 0.5) is 11.4 Å². The van der Waals surface area contributed by atoms with Crippen molar-refractivity contribution in [1.82, 2.24) is 5.32 Å². The van der Waals surface area contributed by atoms with Crippen LogP contribution >= 0.6 is 0 Å². The fraction of sp³-hybridized carbons (Fsp3) is 0.500. The highest BCUT2D eigenvalue weighted by Gasteiger charge is 2.18. The molecule has 114 valence electrons. The normalized spacial score (nSPS) is 15.5. The lowest BCUT2D eigenvalue weighted by molar-refractivity contribution is -0.384. The molecule has 0 saturated heterocycles. The van der Waals surface area contributed by atoms with Gasteiger partial charge in [-0.1, -0.05) is 19.3 Å². The van der Waals surface area contributed by atoms with Gasteiger partial charge in [-0.3, -0.25) is 20.8 Å². The number of hydrogen-bond donors (Lipinski definition) is 3. The van der Waals surface area contributed by atoms with Gasteiger partial charge in [0.05, 0.1) is 4.92 Å². The zero-order valence-electron chi connectivity index (χ0n) is 11.8. The van der Waals surface area contributed by atoms with Crippen molar-refractivity contribution in [1.29, 1.82) is 0 Å². The Bertz CT molecular complexity index is 527. The van der Waals surface area contributed by atoms with Gasteiger partial charge in [-0.2, -0.15) is 0 Å². The van der Waals surface area contributed by atoms with E-state index in [-0.39, 0.29) is 17.3 Å². The highest BCUT2D eigenvalue weighted by molar-refractivity contribution is 5.95. The van der Waals surface area contributed by atoms with Crippen LogP contribution < -0.4 is 16.6 Å². The third kappa shape index (κ3) is 3.91. The average Bonchev–Trinajstić information content (AvgIpc) is 2.52. The van der Waals surface area contributed by atoms with Crippen LogP contribution in [0.1, 0.15) is 42.5 Å². The number of carbonyl (C=O) groups is 1. The molecule has 0 aromatic heterocycles. The number of nitrogen functional groups attached to an aromatic ring is 1. The van der Waals surface area contributed by atoms with Crippen molar-refractivity contribution in [2.75, 3.05) is 12.0 Å². The van der Waals surface area contributed by atoms with Crippen molar-refractivity contribution in [3.05, 3.63) is 33.9 Å². The zero-order chi connectivity index (χ0) is 15.2. The summed E-state index contributed by atoms with van der Waals surface area (Å²) in [5.74, 6) is 5.57. The lowest BCUT2D eigenvalue weighted by atomic mass is 9.89. The molecular formula is C14H20N4O3. The van der Waals surface area contributed by atoms with E-state index in [4.69, 9.17) is 5.84 Å². The molecule has 1 fully saturated rings. The summed E-state index contributed by atoms with van der Waals surface area (Å²) in [6.45, 7) is 0.654. The number of benzene rings is 1. The van der Waals surface area contributed by atoms with Gasteiger partial charge in [0.15, 0.2) is 0 Å². The van der Waals surface area contributed by atoms with E-state index in [2.05, 4.69) is 10.7 Å². The van der Waals surface area contributed by atoms with Crippen molar-refractivity contribution in [2.45, 2.75) is 32.1 Å². The topological polar surface area (TPSA) is 110 Å². The number of nitrogens with two attached hydrogens (primary N) is 1. The lowest BCUT2D eigenvalue weighted by Crippen LogP contribution is -2.30. The van der Waals surface area contributed by atoms with Crippen molar-refractivity contribution in [2.24, 2.45) is 11.8 Å². The van der Waals surface area contributed by atoms with Gasteiger partial charge in [0, 0.05) is 18.2 Å². The summed E-state index contributed by atoms with van der Waals surface area (Å²) < 4.78 is 0. The Morgan fingerprint density at radius 1 is 1.33 bits per heavy atom. The van der Waals surface area contributed by atoms with Gasteiger partial charge in [-0.05, 0) is 30.9 Å². The van der Waals surface area contributed by atoms with Crippen LogP contribution in [-0.4, -0.2) is 17.4 Å².